The van der Waals surface area contributed by atoms with E-state index in [4.69, 9.17) is 11.6 Å². The summed E-state index contributed by atoms with van der Waals surface area (Å²) in [6, 6.07) is 26.0. The van der Waals surface area contributed by atoms with E-state index in [0.717, 1.165) is 59.0 Å². The van der Waals surface area contributed by atoms with Crippen molar-refractivity contribution in [1.29, 1.82) is 0 Å². The maximum Gasteiger partial charge on any atom is 0.303 e. The minimum absolute atomic E-state index is 0.0954. The number of carboxylic acid groups (broad SMARTS) is 1. The zero-order valence-corrected chi connectivity index (χ0v) is 24.9. The summed E-state index contributed by atoms with van der Waals surface area (Å²) in [5, 5.41) is 22.0. The summed E-state index contributed by atoms with van der Waals surface area (Å²) < 4.78 is 0. The molecule has 5 rings (SSSR count). The molecule has 4 aromatic rings. The smallest absolute Gasteiger partial charge is 0.303 e. The van der Waals surface area contributed by atoms with Crippen LogP contribution >= 0.6 is 23.4 Å². The summed E-state index contributed by atoms with van der Waals surface area (Å²) in [7, 11) is 0. The van der Waals surface area contributed by atoms with Gasteiger partial charge in [0.1, 0.15) is 5.69 Å². The number of benzene rings is 3. The highest BCUT2D eigenvalue weighted by Crippen LogP contribution is 2.53. The highest BCUT2D eigenvalue weighted by atomic mass is 35.5. The quantitative estimate of drug-likeness (QED) is 0.184. The molecule has 0 radical (unpaired) electrons. The Morgan fingerprint density at radius 1 is 1.05 bits per heavy atom. The molecule has 0 aliphatic heterocycles. The molecular weight excluding hydrogens is 550 g/mol. The number of hydrogen-bond acceptors (Lipinski definition) is 4. The maximum absolute atomic E-state index is 11.5. The van der Waals surface area contributed by atoms with Crippen molar-refractivity contribution in [3.8, 4) is 11.8 Å². The number of hydrogen-bond donors (Lipinski definition) is 2. The van der Waals surface area contributed by atoms with Crippen molar-refractivity contribution in [2.24, 2.45) is 5.41 Å². The minimum Gasteiger partial charge on any atom is -0.481 e. The number of aliphatic carboxylic acids is 1. The van der Waals surface area contributed by atoms with Crippen LogP contribution in [0.25, 0.3) is 10.9 Å². The van der Waals surface area contributed by atoms with Gasteiger partial charge in [0.15, 0.2) is 0 Å². The van der Waals surface area contributed by atoms with Gasteiger partial charge >= 0.3 is 5.97 Å². The lowest BCUT2D eigenvalue weighted by molar-refractivity contribution is -0.138. The molecule has 1 aromatic heterocycles. The van der Waals surface area contributed by atoms with Gasteiger partial charge in [0.05, 0.1) is 17.5 Å². The van der Waals surface area contributed by atoms with Gasteiger partial charge in [0.25, 0.3) is 0 Å². The Hall–Kier alpha value is -3.30. The minimum atomic E-state index is -0.920. The maximum atomic E-state index is 11.5. The van der Waals surface area contributed by atoms with Gasteiger partial charge in [-0.05, 0) is 97.9 Å². The fraction of sp³-hybridized carbons (Fsp3) is 0.314. The average Bonchev–Trinajstić information content (AvgIpc) is 3.70. The van der Waals surface area contributed by atoms with Gasteiger partial charge < -0.3 is 10.2 Å². The summed E-state index contributed by atoms with van der Waals surface area (Å²) in [4.78, 5) is 16.1. The standard InChI is InChI=1S/C35H34ClNO3S/c1-34(2,40)30-9-4-3-7-25(30)13-17-32(41-23-35(18-19-35)22-33(38)39)27-8-5-6-24(20-27)10-15-29-16-12-26-11-14-28(36)21-31(26)37-29/h3-9,11-12,14,16,20-21,32,40H,13,17-19,22-23H2,1-2H3,(H,38,39)/t32-/m1/s1. The van der Waals surface area contributed by atoms with Crippen molar-refractivity contribution < 1.29 is 15.0 Å². The van der Waals surface area contributed by atoms with E-state index in [0.29, 0.717) is 10.7 Å². The van der Waals surface area contributed by atoms with Crippen molar-refractivity contribution in [3.63, 3.8) is 0 Å². The van der Waals surface area contributed by atoms with Crippen LogP contribution in [-0.4, -0.2) is 26.9 Å². The molecule has 1 heterocycles. The van der Waals surface area contributed by atoms with E-state index in [1.165, 1.54) is 5.56 Å². The zero-order chi connectivity index (χ0) is 29.0. The van der Waals surface area contributed by atoms with Crippen molar-refractivity contribution in [3.05, 3.63) is 112 Å². The Bertz CT molecular complexity index is 1630. The first-order valence-electron chi connectivity index (χ1n) is 13.9. The number of carbonyl (C=O) groups is 1. The molecule has 210 valence electrons. The molecule has 6 heteroatoms. The molecule has 0 spiro atoms. The third-order valence-corrected chi connectivity index (χ3v) is 9.60. The molecule has 1 fully saturated rings. The molecule has 2 N–H and O–H groups in total. The van der Waals surface area contributed by atoms with Crippen LogP contribution in [0.1, 0.15) is 72.7 Å². The molecule has 1 saturated carbocycles. The Morgan fingerprint density at radius 2 is 1.83 bits per heavy atom. The lowest BCUT2D eigenvalue weighted by atomic mass is 9.90. The fourth-order valence-electron chi connectivity index (χ4n) is 5.23. The number of pyridine rings is 1. The molecule has 0 amide bonds. The van der Waals surface area contributed by atoms with Gasteiger partial charge in [-0.1, -0.05) is 66.1 Å². The monoisotopic (exact) mass is 583 g/mol. The number of thioether (sulfide) groups is 1. The number of aryl methyl sites for hydroxylation is 1. The van der Waals surface area contributed by atoms with Crippen molar-refractivity contribution in [1.82, 2.24) is 4.98 Å². The molecule has 41 heavy (non-hydrogen) atoms. The number of halogens is 1. The SMILES string of the molecule is CC(C)(O)c1ccccc1CC[C@@H](SCC1(CC(=O)O)CC1)c1cccc(C#Cc2ccc3ccc(Cl)cc3n2)c1. The Balaban J connectivity index is 1.39. The van der Waals surface area contributed by atoms with E-state index < -0.39 is 11.6 Å². The predicted molar refractivity (Wildman–Crippen MR) is 168 cm³/mol. The molecule has 0 unspecified atom stereocenters. The Labute approximate surface area is 251 Å². The van der Waals surface area contributed by atoms with Crippen LogP contribution in [0.4, 0.5) is 0 Å². The summed E-state index contributed by atoms with van der Waals surface area (Å²) in [6.07, 6.45) is 3.84. The van der Waals surface area contributed by atoms with Crippen LogP contribution in [0, 0.1) is 17.3 Å². The summed E-state index contributed by atoms with van der Waals surface area (Å²) in [5.74, 6) is 6.58. The zero-order valence-electron chi connectivity index (χ0n) is 23.4. The Kier molecular flexibility index (Phi) is 8.75. The van der Waals surface area contributed by atoms with Crippen molar-refractivity contribution in [2.75, 3.05) is 5.75 Å². The molecular formula is C35H34ClNO3S. The second kappa shape index (κ2) is 12.3. The highest BCUT2D eigenvalue weighted by molar-refractivity contribution is 7.99. The van der Waals surface area contributed by atoms with Crippen LogP contribution in [0.2, 0.25) is 5.02 Å². The molecule has 1 aliphatic rings. The number of rotatable bonds is 10. The average molecular weight is 584 g/mol. The number of aromatic nitrogens is 1. The molecule has 1 atom stereocenters. The second-order valence-corrected chi connectivity index (χ2v) is 13.2. The van der Waals surface area contributed by atoms with Crippen LogP contribution in [0.3, 0.4) is 0 Å². The lowest BCUT2D eigenvalue weighted by Gasteiger charge is -2.24. The lowest BCUT2D eigenvalue weighted by Crippen LogP contribution is -2.18. The normalized spacial score (nSPS) is 14.7. The third-order valence-electron chi connectivity index (χ3n) is 7.67. The third kappa shape index (κ3) is 7.71. The number of aliphatic hydroxyl groups is 1. The van der Waals surface area contributed by atoms with E-state index in [2.05, 4.69) is 35.0 Å². The van der Waals surface area contributed by atoms with E-state index in [9.17, 15) is 15.0 Å². The number of nitrogens with zero attached hydrogens (tertiary/aromatic N) is 1. The van der Waals surface area contributed by atoms with Gasteiger partial charge in [-0.2, -0.15) is 11.8 Å². The highest BCUT2D eigenvalue weighted by Gasteiger charge is 2.44. The van der Waals surface area contributed by atoms with E-state index in [-0.39, 0.29) is 17.1 Å². The van der Waals surface area contributed by atoms with E-state index >= 15 is 0 Å². The van der Waals surface area contributed by atoms with Crippen molar-refractivity contribution in [2.45, 2.75) is 56.8 Å². The van der Waals surface area contributed by atoms with Crippen LogP contribution in [0.5, 0.6) is 0 Å². The van der Waals surface area contributed by atoms with E-state index in [1.54, 1.807) is 0 Å². The second-order valence-electron chi connectivity index (χ2n) is 11.5. The number of carboxylic acids is 1. The van der Waals surface area contributed by atoms with E-state index in [1.807, 2.05) is 86.3 Å². The first-order valence-corrected chi connectivity index (χ1v) is 15.4. The van der Waals surface area contributed by atoms with Gasteiger partial charge in [0, 0.05) is 27.0 Å². The topological polar surface area (TPSA) is 70.4 Å². The molecule has 0 saturated heterocycles. The number of fused-ring (bicyclic) bond motifs is 1. The summed E-state index contributed by atoms with van der Waals surface area (Å²) >= 11 is 8.00. The summed E-state index contributed by atoms with van der Waals surface area (Å²) in [5.41, 5.74) is 4.64. The van der Waals surface area contributed by atoms with Crippen LogP contribution in [0.15, 0.2) is 78.9 Å². The van der Waals surface area contributed by atoms with Crippen molar-refractivity contribution >= 4 is 40.2 Å². The largest absolute Gasteiger partial charge is 0.481 e. The summed E-state index contributed by atoms with van der Waals surface area (Å²) in [6.45, 7) is 3.64. The Morgan fingerprint density at radius 3 is 2.59 bits per heavy atom. The molecule has 0 bridgehead atoms. The van der Waals surface area contributed by atoms with Gasteiger partial charge in [-0.15, -0.1) is 0 Å². The van der Waals surface area contributed by atoms with Gasteiger partial charge in [-0.25, -0.2) is 4.98 Å². The first-order chi connectivity index (χ1) is 19.6. The molecule has 4 nitrogen and oxygen atoms in total. The molecule has 1 aliphatic carbocycles. The first kappa shape index (κ1) is 29.2. The molecule has 3 aromatic carbocycles. The van der Waals surface area contributed by atoms with Crippen LogP contribution < -0.4 is 0 Å². The predicted octanol–water partition coefficient (Wildman–Crippen LogP) is 8.18. The fourth-order valence-corrected chi connectivity index (χ4v) is 6.96. The van der Waals surface area contributed by atoms with Crippen LogP contribution in [-0.2, 0) is 16.8 Å². The van der Waals surface area contributed by atoms with Gasteiger partial charge in [0.2, 0.25) is 0 Å². The van der Waals surface area contributed by atoms with Gasteiger partial charge in [-0.3, -0.25) is 4.79 Å².